The van der Waals surface area contributed by atoms with Gasteiger partial charge < -0.3 is 5.73 Å². The van der Waals surface area contributed by atoms with Gasteiger partial charge in [-0.15, -0.1) is 0 Å². The van der Waals surface area contributed by atoms with Crippen LogP contribution in [0.5, 0.6) is 0 Å². The predicted molar refractivity (Wildman–Crippen MR) is 58.6 cm³/mol. The predicted octanol–water partition coefficient (Wildman–Crippen LogP) is 3.33. The SMILES string of the molecule is CCCC(C)C1(N)CCCC1(C)C. The van der Waals surface area contributed by atoms with E-state index in [4.69, 9.17) is 5.73 Å². The van der Waals surface area contributed by atoms with E-state index >= 15 is 0 Å². The van der Waals surface area contributed by atoms with Crippen LogP contribution in [0.4, 0.5) is 0 Å². The van der Waals surface area contributed by atoms with Crippen molar-refractivity contribution in [3.05, 3.63) is 0 Å². The molecule has 1 aliphatic rings. The van der Waals surface area contributed by atoms with Gasteiger partial charge in [-0.2, -0.15) is 0 Å². The van der Waals surface area contributed by atoms with Gasteiger partial charge in [-0.1, -0.05) is 40.5 Å². The molecule has 0 radical (unpaired) electrons. The monoisotopic (exact) mass is 183 g/mol. The fourth-order valence-corrected chi connectivity index (χ4v) is 3.00. The van der Waals surface area contributed by atoms with Crippen molar-refractivity contribution in [3.8, 4) is 0 Å². The minimum absolute atomic E-state index is 0.100. The van der Waals surface area contributed by atoms with Crippen LogP contribution < -0.4 is 5.73 Å². The zero-order chi connectivity index (χ0) is 10.1. The second-order valence-electron chi connectivity index (χ2n) is 5.47. The molecule has 1 saturated carbocycles. The number of hydrogen-bond donors (Lipinski definition) is 1. The first-order chi connectivity index (χ1) is 5.94. The molecule has 1 fully saturated rings. The van der Waals surface area contributed by atoms with Crippen LogP contribution in [0.3, 0.4) is 0 Å². The number of nitrogens with two attached hydrogens (primary N) is 1. The topological polar surface area (TPSA) is 26.0 Å². The first-order valence-corrected chi connectivity index (χ1v) is 5.73. The molecule has 1 nitrogen and oxygen atoms in total. The molecule has 0 heterocycles. The van der Waals surface area contributed by atoms with Gasteiger partial charge in [-0.05, 0) is 30.6 Å². The number of rotatable bonds is 3. The molecule has 0 spiro atoms. The van der Waals surface area contributed by atoms with E-state index < -0.39 is 0 Å². The second-order valence-corrected chi connectivity index (χ2v) is 5.47. The smallest absolute Gasteiger partial charge is 0.0232 e. The number of hydrogen-bond acceptors (Lipinski definition) is 1. The Morgan fingerprint density at radius 2 is 1.92 bits per heavy atom. The van der Waals surface area contributed by atoms with Gasteiger partial charge in [-0.3, -0.25) is 0 Å². The lowest BCUT2D eigenvalue weighted by Gasteiger charge is -2.43. The lowest BCUT2D eigenvalue weighted by Crippen LogP contribution is -2.53. The summed E-state index contributed by atoms with van der Waals surface area (Å²) in [6.45, 7) is 9.26. The minimum Gasteiger partial charge on any atom is -0.324 e. The van der Waals surface area contributed by atoms with E-state index in [9.17, 15) is 0 Å². The van der Waals surface area contributed by atoms with E-state index in [2.05, 4.69) is 27.7 Å². The van der Waals surface area contributed by atoms with Crippen molar-refractivity contribution in [1.82, 2.24) is 0 Å². The van der Waals surface area contributed by atoms with Crippen molar-refractivity contribution in [1.29, 1.82) is 0 Å². The Morgan fingerprint density at radius 3 is 2.31 bits per heavy atom. The van der Waals surface area contributed by atoms with Gasteiger partial charge in [0.25, 0.3) is 0 Å². The van der Waals surface area contributed by atoms with E-state index in [1.807, 2.05) is 0 Å². The highest BCUT2D eigenvalue weighted by Gasteiger charge is 2.48. The van der Waals surface area contributed by atoms with Gasteiger partial charge >= 0.3 is 0 Å². The first kappa shape index (κ1) is 11.0. The molecule has 2 N–H and O–H groups in total. The summed E-state index contributed by atoms with van der Waals surface area (Å²) in [7, 11) is 0. The van der Waals surface area contributed by atoms with Gasteiger partial charge in [0.05, 0.1) is 0 Å². The molecule has 13 heavy (non-hydrogen) atoms. The highest BCUT2D eigenvalue weighted by Crippen LogP contribution is 2.49. The third-order valence-electron chi connectivity index (χ3n) is 4.25. The van der Waals surface area contributed by atoms with E-state index in [1.165, 1.54) is 32.1 Å². The summed E-state index contributed by atoms with van der Waals surface area (Å²) in [5, 5.41) is 0. The highest BCUT2D eigenvalue weighted by molar-refractivity contribution is 5.05. The first-order valence-electron chi connectivity index (χ1n) is 5.73. The lowest BCUT2D eigenvalue weighted by atomic mass is 9.67. The van der Waals surface area contributed by atoms with Crippen LogP contribution in [0.2, 0.25) is 0 Å². The van der Waals surface area contributed by atoms with Gasteiger partial charge in [0.15, 0.2) is 0 Å². The third kappa shape index (κ3) is 1.76. The minimum atomic E-state index is 0.100. The summed E-state index contributed by atoms with van der Waals surface area (Å²) in [6, 6.07) is 0. The van der Waals surface area contributed by atoms with E-state index in [0.717, 1.165) is 0 Å². The van der Waals surface area contributed by atoms with Crippen LogP contribution in [0.1, 0.15) is 59.8 Å². The van der Waals surface area contributed by atoms with E-state index in [-0.39, 0.29) is 5.54 Å². The van der Waals surface area contributed by atoms with E-state index in [1.54, 1.807) is 0 Å². The summed E-state index contributed by atoms with van der Waals surface area (Å²) in [4.78, 5) is 0. The van der Waals surface area contributed by atoms with Crippen molar-refractivity contribution >= 4 is 0 Å². The molecule has 0 aromatic heterocycles. The summed E-state index contributed by atoms with van der Waals surface area (Å²) < 4.78 is 0. The Bertz CT molecular complexity index is 174. The van der Waals surface area contributed by atoms with Gasteiger partial charge in [-0.25, -0.2) is 0 Å². The molecule has 0 amide bonds. The van der Waals surface area contributed by atoms with Crippen molar-refractivity contribution in [3.63, 3.8) is 0 Å². The maximum Gasteiger partial charge on any atom is 0.0232 e. The Morgan fingerprint density at radius 1 is 1.31 bits per heavy atom. The van der Waals surface area contributed by atoms with Gasteiger partial charge in [0, 0.05) is 5.54 Å². The van der Waals surface area contributed by atoms with Crippen molar-refractivity contribution < 1.29 is 0 Å². The molecule has 0 aromatic rings. The molecule has 0 bridgehead atoms. The van der Waals surface area contributed by atoms with Crippen LogP contribution in [0.25, 0.3) is 0 Å². The Labute approximate surface area is 83.1 Å². The summed E-state index contributed by atoms with van der Waals surface area (Å²) >= 11 is 0. The molecule has 2 unspecified atom stereocenters. The molecule has 1 heteroatoms. The van der Waals surface area contributed by atoms with Crippen molar-refractivity contribution in [2.75, 3.05) is 0 Å². The van der Waals surface area contributed by atoms with Crippen LogP contribution in [-0.2, 0) is 0 Å². The fourth-order valence-electron chi connectivity index (χ4n) is 3.00. The average molecular weight is 183 g/mol. The van der Waals surface area contributed by atoms with Crippen LogP contribution in [-0.4, -0.2) is 5.54 Å². The third-order valence-corrected chi connectivity index (χ3v) is 4.25. The Balaban J connectivity index is 2.74. The zero-order valence-corrected chi connectivity index (χ0v) is 9.69. The average Bonchev–Trinajstić information content (AvgIpc) is 2.28. The highest BCUT2D eigenvalue weighted by atomic mass is 14.8. The molecule has 0 aliphatic heterocycles. The largest absolute Gasteiger partial charge is 0.324 e. The summed E-state index contributed by atoms with van der Waals surface area (Å²) in [5.74, 6) is 0.676. The lowest BCUT2D eigenvalue weighted by molar-refractivity contribution is 0.132. The van der Waals surface area contributed by atoms with Gasteiger partial charge in [0.2, 0.25) is 0 Å². The molecule has 2 atom stereocenters. The molecular weight excluding hydrogens is 158 g/mol. The van der Waals surface area contributed by atoms with Crippen molar-refractivity contribution in [2.45, 2.75) is 65.3 Å². The molecule has 0 saturated heterocycles. The zero-order valence-electron chi connectivity index (χ0n) is 9.69. The maximum atomic E-state index is 6.57. The molecule has 1 rings (SSSR count). The van der Waals surface area contributed by atoms with Crippen LogP contribution >= 0.6 is 0 Å². The molecule has 78 valence electrons. The summed E-state index contributed by atoms with van der Waals surface area (Å²) in [6.07, 6.45) is 6.38. The normalized spacial score (nSPS) is 34.8. The van der Waals surface area contributed by atoms with E-state index in [0.29, 0.717) is 11.3 Å². The van der Waals surface area contributed by atoms with Crippen molar-refractivity contribution in [2.24, 2.45) is 17.1 Å². The second kappa shape index (κ2) is 3.61. The standard InChI is InChI=1S/C12H25N/c1-5-7-10(2)12(13)9-6-8-11(12,3)4/h10H,5-9,13H2,1-4H3. The van der Waals surface area contributed by atoms with Gasteiger partial charge in [0.1, 0.15) is 0 Å². The quantitative estimate of drug-likeness (QED) is 0.713. The molecule has 1 aliphatic carbocycles. The van der Waals surface area contributed by atoms with Crippen LogP contribution in [0, 0.1) is 11.3 Å². The molecule has 0 aromatic carbocycles. The Kier molecular flexibility index (Phi) is 3.06. The Hall–Kier alpha value is -0.0400. The fraction of sp³-hybridized carbons (Fsp3) is 1.00. The summed E-state index contributed by atoms with van der Waals surface area (Å²) in [5.41, 5.74) is 7.02. The maximum absolute atomic E-state index is 6.57. The molecular formula is C12H25N. The van der Waals surface area contributed by atoms with Crippen LogP contribution in [0.15, 0.2) is 0 Å².